The Labute approximate surface area is 92.1 Å². The van der Waals surface area contributed by atoms with Crippen molar-refractivity contribution in [3.05, 3.63) is 23.4 Å². The van der Waals surface area contributed by atoms with Gasteiger partial charge >= 0.3 is 0 Å². The monoisotopic (exact) mass is 207 g/mol. The highest BCUT2D eigenvalue weighted by atomic mass is 14.9. The van der Waals surface area contributed by atoms with E-state index in [4.69, 9.17) is 5.73 Å². The van der Waals surface area contributed by atoms with Gasteiger partial charge in [0.15, 0.2) is 0 Å². The van der Waals surface area contributed by atoms with Gasteiger partial charge in [-0.05, 0) is 44.9 Å². The Morgan fingerprint density at radius 2 is 2.13 bits per heavy atom. The lowest BCUT2D eigenvalue weighted by Gasteiger charge is -2.19. The first-order chi connectivity index (χ1) is 7.06. The Bertz CT molecular complexity index is 302. The van der Waals surface area contributed by atoms with E-state index in [1.807, 2.05) is 13.1 Å². The van der Waals surface area contributed by atoms with Gasteiger partial charge in [-0.15, -0.1) is 0 Å². The Hall–Kier alpha value is -1.09. The number of nitrogen functional groups attached to an aromatic ring is 1. The molecule has 1 aromatic heterocycles. The van der Waals surface area contributed by atoms with E-state index in [0.717, 1.165) is 6.42 Å². The Morgan fingerprint density at radius 1 is 1.47 bits per heavy atom. The van der Waals surface area contributed by atoms with E-state index in [9.17, 15) is 0 Å². The fraction of sp³-hybridized carbons (Fsp3) is 0.583. The number of nitrogens with zero attached hydrogens (tertiary/aromatic N) is 1. The molecule has 0 radical (unpaired) electrons. The van der Waals surface area contributed by atoms with Crippen LogP contribution >= 0.6 is 0 Å². The maximum atomic E-state index is 5.91. The maximum Gasteiger partial charge on any atom is 0.127 e. The number of anilines is 1. The summed E-state index contributed by atoms with van der Waals surface area (Å²) in [5.41, 5.74) is 8.34. The summed E-state index contributed by atoms with van der Waals surface area (Å²) in [4.78, 5) is 4.15. The zero-order valence-corrected chi connectivity index (χ0v) is 10.0. The van der Waals surface area contributed by atoms with E-state index in [1.165, 1.54) is 11.1 Å². The molecule has 0 fully saturated rings. The summed E-state index contributed by atoms with van der Waals surface area (Å²) < 4.78 is 0. The topological polar surface area (TPSA) is 50.9 Å². The van der Waals surface area contributed by atoms with Gasteiger partial charge in [-0.1, -0.05) is 6.92 Å². The van der Waals surface area contributed by atoms with Gasteiger partial charge in [0.05, 0.1) is 0 Å². The lowest BCUT2D eigenvalue weighted by atomic mass is 9.92. The molecule has 0 aromatic carbocycles. The number of rotatable bonds is 4. The summed E-state index contributed by atoms with van der Waals surface area (Å²) in [6.45, 7) is 6.47. The van der Waals surface area contributed by atoms with Crippen molar-refractivity contribution in [1.82, 2.24) is 10.3 Å². The van der Waals surface area contributed by atoms with Crippen molar-refractivity contribution in [2.75, 3.05) is 12.8 Å². The van der Waals surface area contributed by atoms with Crippen LogP contribution in [0.1, 0.15) is 37.3 Å². The van der Waals surface area contributed by atoms with Gasteiger partial charge in [0, 0.05) is 17.8 Å². The molecule has 2 unspecified atom stereocenters. The Balaban J connectivity index is 2.86. The average molecular weight is 207 g/mol. The number of hydrogen-bond donors (Lipinski definition) is 2. The van der Waals surface area contributed by atoms with E-state index in [-0.39, 0.29) is 0 Å². The molecule has 1 rings (SSSR count). The third-order valence-electron chi connectivity index (χ3n) is 2.93. The average Bonchev–Trinajstić information content (AvgIpc) is 2.17. The quantitative estimate of drug-likeness (QED) is 0.794. The smallest absolute Gasteiger partial charge is 0.127 e. The molecule has 3 N–H and O–H groups in total. The molecule has 2 atom stereocenters. The van der Waals surface area contributed by atoms with E-state index in [0.29, 0.717) is 17.8 Å². The highest BCUT2D eigenvalue weighted by Gasteiger charge is 2.14. The lowest BCUT2D eigenvalue weighted by molar-refractivity contribution is 0.515. The van der Waals surface area contributed by atoms with Gasteiger partial charge in [-0.2, -0.15) is 0 Å². The second-order valence-electron chi connectivity index (χ2n) is 4.25. The number of hydrogen-bond acceptors (Lipinski definition) is 3. The molecule has 0 amide bonds. The second kappa shape index (κ2) is 5.12. The predicted octanol–water partition coefficient (Wildman–Crippen LogP) is 2.07. The van der Waals surface area contributed by atoms with Gasteiger partial charge in [-0.25, -0.2) is 4.98 Å². The van der Waals surface area contributed by atoms with Crippen molar-refractivity contribution in [1.29, 1.82) is 0 Å². The summed E-state index contributed by atoms with van der Waals surface area (Å²) in [5, 5.41) is 3.24. The van der Waals surface area contributed by atoms with Crippen LogP contribution in [-0.4, -0.2) is 18.1 Å². The van der Waals surface area contributed by atoms with E-state index >= 15 is 0 Å². The third kappa shape index (κ3) is 2.93. The van der Waals surface area contributed by atoms with Crippen LogP contribution in [0.2, 0.25) is 0 Å². The highest BCUT2D eigenvalue weighted by molar-refractivity contribution is 5.46. The van der Waals surface area contributed by atoms with Crippen LogP contribution in [0, 0.1) is 6.92 Å². The van der Waals surface area contributed by atoms with Gasteiger partial charge in [0.25, 0.3) is 0 Å². The molecule has 0 aliphatic carbocycles. The molecule has 84 valence electrons. The molecule has 0 spiro atoms. The summed E-state index contributed by atoms with van der Waals surface area (Å²) in [6, 6.07) is 2.52. The molecule has 1 aromatic rings. The summed E-state index contributed by atoms with van der Waals surface area (Å²) in [6.07, 6.45) is 2.84. The molecule has 15 heavy (non-hydrogen) atoms. The molecule has 1 heterocycles. The number of aryl methyl sites for hydroxylation is 1. The standard InChI is InChI=1S/C12H21N3/c1-8-5-6-15-12(13)11(8)9(2)7-10(3)14-4/h5-6,9-10,14H,7H2,1-4H3,(H2,13,15). The Kier molecular flexibility index (Phi) is 4.09. The molecule has 3 nitrogen and oxygen atoms in total. The number of nitrogens with one attached hydrogen (secondary N) is 1. The van der Waals surface area contributed by atoms with Crippen LogP contribution in [0.25, 0.3) is 0 Å². The van der Waals surface area contributed by atoms with Crippen molar-refractivity contribution >= 4 is 5.82 Å². The molecule has 0 saturated carbocycles. The minimum absolute atomic E-state index is 0.446. The molecule has 0 aliphatic heterocycles. The summed E-state index contributed by atoms with van der Waals surface area (Å²) in [5.74, 6) is 1.12. The van der Waals surface area contributed by atoms with Crippen LogP contribution in [0.4, 0.5) is 5.82 Å². The minimum atomic E-state index is 0.446. The van der Waals surface area contributed by atoms with Gasteiger partial charge in [-0.3, -0.25) is 0 Å². The first kappa shape index (κ1) is 12.0. The minimum Gasteiger partial charge on any atom is -0.383 e. The van der Waals surface area contributed by atoms with Crippen LogP contribution in [0.15, 0.2) is 12.3 Å². The predicted molar refractivity (Wildman–Crippen MR) is 64.9 cm³/mol. The normalized spacial score (nSPS) is 14.9. The van der Waals surface area contributed by atoms with E-state index < -0.39 is 0 Å². The molecular weight excluding hydrogens is 186 g/mol. The maximum absolute atomic E-state index is 5.91. The van der Waals surface area contributed by atoms with E-state index in [1.54, 1.807) is 6.20 Å². The van der Waals surface area contributed by atoms with Gasteiger partial charge in [0.2, 0.25) is 0 Å². The summed E-state index contributed by atoms with van der Waals surface area (Å²) >= 11 is 0. The molecule has 0 bridgehead atoms. The van der Waals surface area contributed by atoms with Crippen molar-refractivity contribution in [3.8, 4) is 0 Å². The van der Waals surface area contributed by atoms with Crippen molar-refractivity contribution in [3.63, 3.8) is 0 Å². The van der Waals surface area contributed by atoms with Crippen LogP contribution in [0.3, 0.4) is 0 Å². The number of aromatic nitrogens is 1. The molecule has 0 saturated heterocycles. The highest BCUT2D eigenvalue weighted by Crippen LogP contribution is 2.27. The van der Waals surface area contributed by atoms with Crippen LogP contribution in [-0.2, 0) is 0 Å². The zero-order valence-electron chi connectivity index (χ0n) is 10.0. The van der Waals surface area contributed by atoms with Gasteiger partial charge in [0.1, 0.15) is 5.82 Å². The van der Waals surface area contributed by atoms with Crippen molar-refractivity contribution in [2.24, 2.45) is 0 Å². The molecular formula is C12H21N3. The summed E-state index contributed by atoms with van der Waals surface area (Å²) in [7, 11) is 1.98. The SMILES string of the molecule is CNC(C)CC(C)c1c(C)ccnc1N. The largest absolute Gasteiger partial charge is 0.383 e. The zero-order chi connectivity index (χ0) is 11.4. The fourth-order valence-electron chi connectivity index (χ4n) is 2.00. The number of pyridine rings is 1. The van der Waals surface area contributed by atoms with Crippen LogP contribution in [0.5, 0.6) is 0 Å². The van der Waals surface area contributed by atoms with Crippen LogP contribution < -0.4 is 11.1 Å². The first-order valence-corrected chi connectivity index (χ1v) is 5.44. The third-order valence-corrected chi connectivity index (χ3v) is 2.93. The fourth-order valence-corrected chi connectivity index (χ4v) is 2.00. The second-order valence-corrected chi connectivity index (χ2v) is 4.25. The lowest BCUT2D eigenvalue weighted by Crippen LogP contribution is -2.23. The van der Waals surface area contributed by atoms with Crippen molar-refractivity contribution < 1.29 is 0 Å². The first-order valence-electron chi connectivity index (χ1n) is 5.44. The van der Waals surface area contributed by atoms with Crippen molar-refractivity contribution in [2.45, 2.75) is 39.2 Å². The van der Waals surface area contributed by atoms with Gasteiger partial charge < -0.3 is 11.1 Å². The molecule has 0 aliphatic rings. The Morgan fingerprint density at radius 3 is 2.67 bits per heavy atom. The molecule has 3 heteroatoms. The number of nitrogens with two attached hydrogens (primary N) is 1. The van der Waals surface area contributed by atoms with E-state index in [2.05, 4.69) is 31.1 Å².